The number of hydrogen-bond acceptors (Lipinski definition) is 4. The Kier molecular flexibility index (Phi) is 3.24. The Hall–Kier alpha value is -0.920. The Labute approximate surface area is 101 Å². The van der Waals surface area contributed by atoms with E-state index in [-0.39, 0.29) is 17.0 Å². The van der Waals surface area contributed by atoms with Gasteiger partial charge in [-0.2, -0.15) is 4.31 Å². The zero-order valence-electron chi connectivity index (χ0n) is 10.0. The van der Waals surface area contributed by atoms with Gasteiger partial charge in [-0.3, -0.25) is 0 Å². The Morgan fingerprint density at radius 3 is 2.76 bits per heavy atom. The van der Waals surface area contributed by atoms with E-state index in [2.05, 4.69) is 9.97 Å². The first-order valence-corrected chi connectivity index (χ1v) is 7.11. The highest BCUT2D eigenvalue weighted by atomic mass is 32.2. The zero-order chi connectivity index (χ0) is 12.6. The molecule has 1 fully saturated rings. The molecule has 2 heterocycles. The number of piperidine rings is 1. The Morgan fingerprint density at radius 1 is 1.53 bits per heavy atom. The molecule has 2 unspecified atom stereocenters. The van der Waals surface area contributed by atoms with Crippen molar-refractivity contribution in [3.05, 3.63) is 12.0 Å². The summed E-state index contributed by atoms with van der Waals surface area (Å²) < 4.78 is 26.0. The van der Waals surface area contributed by atoms with Crippen molar-refractivity contribution < 1.29 is 8.42 Å². The van der Waals surface area contributed by atoms with E-state index in [9.17, 15) is 8.42 Å². The average Bonchev–Trinajstić information content (AvgIpc) is 2.64. The fourth-order valence-electron chi connectivity index (χ4n) is 2.21. The fraction of sp³-hybridized carbons (Fsp3) is 0.700. The summed E-state index contributed by atoms with van der Waals surface area (Å²) in [6, 6.07) is -0.0856. The third-order valence-corrected chi connectivity index (χ3v) is 4.70. The van der Waals surface area contributed by atoms with Crippen LogP contribution in [0.25, 0.3) is 0 Å². The van der Waals surface area contributed by atoms with Gasteiger partial charge < -0.3 is 10.7 Å². The highest BCUT2D eigenvalue weighted by Crippen LogP contribution is 2.21. The molecule has 0 aliphatic carbocycles. The third kappa shape index (κ3) is 2.51. The van der Waals surface area contributed by atoms with Crippen LogP contribution in [0.3, 0.4) is 0 Å². The maximum Gasteiger partial charge on any atom is 0.260 e. The summed E-state index contributed by atoms with van der Waals surface area (Å²) in [5, 5.41) is 0.149. The van der Waals surface area contributed by atoms with Crippen molar-refractivity contribution in [2.75, 3.05) is 13.1 Å². The van der Waals surface area contributed by atoms with Gasteiger partial charge in [-0.1, -0.05) is 6.92 Å². The van der Waals surface area contributed by atoms with Crippen molar-refractivity contribution in [1.82, 2.24) is 14.3 Å². The number of imidazole rings is 1. The van der Waals surface area contributed by atoms with Gasteiger partial charge in [-0.15, -0.1) is 0 Å². The molecule has 6 nitrogen and oxygen atoms in total. The van der Waals surface area contributed by atoms with E-state index in [1.807, 2.05) is 6.92 Å². The first-order valence-electron chi connectivity index (χ1n) is 5.67. The molecule has 1 aromatic rings. The quantitative estimate of drug-likeness (QED) is 0.785. The minimum atomic E-state index is -3.47. The number of sulfonamides is 1. The van der Waals surface area contributed by atoms with Gasteiger partial charge in [0.25, 0.3) is 10.0 Å². The summed E-state index contributed by atoms with van der Waals surface area (Å²) in [6.07, 6.45) is 2.23. The molecule has 1 aliphatic heterocycles. The summed E-state index contributed by atoms with van der Waals surface area (Å²) in [7, 11) is -3.47. The molecule has 2 rings (SSSR count). The predicted octanol–water partition coefficient (Wildman–Crippen LogP) is 0.0759. The lowest BCUT2D eigenvalue weighted by Crippen LogP contribution is -2.48. The van der Waals surface area contributed by atoms with E-state index in [0.717, 1.165) is 6.42 Å². The van der Waals surface area contributed by atoms with Crippen LogP contribution < -0.4 is 5.73 Å². The average molecular weight is 258 g/mol. The molecule has 0 spiro atoms. The Balaban J connectivity index is 2.26. The van der Waals surface area contributed by atoms with Crippen molar-refractivity contribution in [3.63, 3.8) is 0 Å². The molecule has 2 atom stereocenters. The van der Waals surface area contributed by atoms with Crippen molar-refractivity contribution in [3.8, 4) is 0 Å². The van der Waals surface area contributed by atoms with Crippen LogP contribution in [0.2, 0.25) is 0 Å². The first-order chi connectivity index (χ1) is 7.89. The highest BCUT2D eigenvalue weighted by Gasteiger charge is 2.32. The molecule has 0 bridgehead atoms. The fourth-order valence-corrected chi connectivity index (χ4v) is 3.79. The molecule has 3 N–H and O–H groups in total. The van der Waals surface area contributed by atoms with Gasteiger partial charge >= 0.3 is 0 Å². The smallest absolute Gasteiger partial charge is 0.260 e. The minimum absolute atomic E-state index is 0.0856. The van der Waals surface area contributed by atoms with Crippen LogP contribution in [-0.2, 0) is 10.0 Å². The number of aromatic nitrogens is 2. The number of hydrogen-bond donors (Lipinski definition) is 2. The lowest BCUT2D eigenvalue weighted by Gasteiger charge is -2.33. The van der Waals surface area contributed by atoms with Gasteiger partial charge in [-0.05, 0) is 19.3 Å². The van der Waals surface area contributed by atoms with Crippen molar-refractivity contribution in [2.24, 2.45) is 11.7 Å². The van der Waals surface area contributed by atoms with Gasteiger partial charge in [0, 0.05) is 19.1 Å². The van der Waals surface area contributed by atoms with Gasteiger partial charge in [0.2, 0.25) is 0 Å². The number of rotatable bonds is 2. The van der Waals surface area contributed by atoms with E-state index < -0.39 is 10.0 Å². The molecule has 1 aliphatic rings. The summed E-state index contributed by atoms with van der Waals surface area (Å²) in [5.41, 5.74) is 5.86. The molecule has 0 amide bonds. The lowest BCUT2D eigenvalue weighted by atomic mass is 9.99. The van der Waals surface area contributed by atoms with Gasteiger partial charge in [0.15, 0.2) is 5.03 Å². The van der Waals surface area contributed by atoms with Crippen molar-refractivity contribution in [1.29, 1.82) is 0 Å². The van der Waals surface area contributed by atoms with Gasteiger partial charge in [0.05, 0.1) is 6.20 Å². The second-order valence-electron chi connectivity index (χ2n) is 4.76. The molecule has 7 heteroatoms. The summed E-state index contributed by atoms with van der Waals surface area (Å²) in [6.45, 7) is 4.64. The maximum absolute atomic E-state index is 12.3. The van der Waals surface area contributed by atoms with E-state index in [1.165, 1.54) is 10.5 Å². The molecule has 17 heavy (non-hydrogen) atoms. The van der Waals surface area contributed by atoms with Crippen LogP contribution in [0.4, 0.5) is 0 Å². The van der Waals surface area contributed by atoms with E-state index in [0.29, 0.717) is 18.9 Å². The zero-order valence-corrected chi connectivity index (χ0v) is 10.9. The number of nitrogens with zero attached hydrogens (tertiary/aromatic N) is 2. The summed E-state index contributed by atoms with van der Waals surface area (Å²) >= 11 is 0. The van der Waals surface area contributed by atoms with Crippen LogP contribution in [0, 0.1) is 12.8 Å². The number of nitrogens with two attached hydrogens (primary N) is 1. The highest BCUT2D eigenvalue weighted by molar-refractivity contribution is 7.89. The van der Waals surface area contributed by atoms with Crippen LogP contribution in [0.15, 0.2) is 11.2 Å². The number of aryl methyl sites for hydroxylation is 1. The number of H-pyrrole nitrogens is 1. The van der Waals surface area contributed by atoms with Crippen LogP contribution in [0.5, 0.6) is 0 Å². The van der Waals surface area contributed by atoms with Gasteiger partial charge in [0.1, 0.15) is 5.82 Å². The van der Waals surface area contributed by atoms with E-state index in [4.69, 9.17) is 5.73 Å². The molecule has 0 saturated carbocycles. The van der Waals surface area contributed by atoms with Gasteiger partial charge in [-0.25, -0.2) is 13.4 Å². The first kappa shape index (κ1) is 12.5. The third-order valence-electron chi connectivity index (χ3n) is 2.96. The Morgan fingerprint density at radius 2 is 2.24 bits per heavy atom. The van der Waals surface area contributed by atoms with Crippen LogP contribution in [0.1, 0.15) is 19.2 Å². The normalized spacial score (nSPS) is 27.2. The van der Waals surface area contributed by atoms with Crippen molar-refractivity contribution >= 4 is 10.0 Å². The standard InChI is InChI=1S/C10H18N4O2S/c1-7-3-9(11)6-14(5-7)17(15,16)10-4-12-8(2)13-10/h4,7,9H,3,5-6,11H2,1-2H3,(H,12,13). The minimum Gasteiger partial charge on any atom is -0.332 e. The maximum atomic E-state index is 12.3. The molecule has 0 radical (unpaired) electrons. The molecule has 1 aromatic heterocycles. The molecular weight excluding hydrogens is 240 g/mol. The Bertz CT molecular complexity index is 486. The van der Waals surface area contributed by atoms with Crippen LogP contribution in [-0.4, -0.2) is 41.8 Å². The summed E-state index contributed by atoms with van der Waals surface area (Å²) in [4.78, 5) is 6.68. The molecular formula is C10H18N4O2S. The van der Waals surface area contributed by atoms with E-state index >= 15 is 0 Å². The molecule has 0 aromatic carbocycles. The number of aromatic amines is 1. The van der Waals surface area contributed by atoms with Crippen molar-refractivity contribution in [2.45, 2.75) is 31.3 Å². The largest absolute Gasteiger partial charge is 0.332 e. The predicted molar refractivity (Wildman–Crippen MR) is 63.8 cm³/mol. The second kappa shape index (κ2) is 4.40. The van der Waals surface area contributed by atoms with Crippen LogP contribution >= 0.6 is 0 Å². The second-order valence-corrected chi connectivity index (χ2v) is 6.66. The van der Waals surface area contributed by atoms with E-state index in [1.54, 1.807) is 6.92 Å². The molecule has 96 valence electrons. The molecule has 1 saturated heterocycles. The number of nitrogens with one attached hydrogen (secondary N) is 1. The monoisotopic (exact) mass is 258 g/mol. The summed E-state index contributed by atoms with van der Waals surface area (Å²) in [5.74, 6) is 0.885. The lowest BCUT2D eigenvalue weighted by molar-refractivity contribution is 0.254. The topological polar surface area (TPSA) is 92.1 Å². The SMILES string of the molecule is Cc1ncc(S(=O)(=O)N2CC(C)CC(N)C2)[nH]1.